The molecule has 0 amide bonds. The summed E-state index contributed by atoms with van der Waals surface area (Å²) >= 11 is 0. The lowest BCUT2D eigenvalue weighted by Crippen LogP contribution is -2.36. The summed E-state index contributed by atoms with van der Waals surface area (Å²) in [5.41, 5.74) is 9.20. The molecule has 4 aromatic rings. The minimum atomic E-state index is -0.714. The highest BCUT2D eigenvalue weighted by Crippen LogP contribution is 2.53. The monoisotopic (exact) mass is 749 g/mol. The minimum absolute atomic E-state index is 0.0225. The fourth-order valence-electron chi connectivity index (χ4n) is 9.89. The van der Waals surface area contributed by atoms with Gasteiger partial charge in [-0.3, -0.25) is 9.59 Å². The number of aliphatic carboxylic acids is 1. The highest BCUT2D eigenvalue weighted by molar-refractivity contribution is 6.04. The summed E-state index contributed by atoms with van der Waals surface area (Å²) in [4.78, 5) is 24.5. The van der Waals surface area contributed by atoms with E-state index in [0.29, 0.717) is 19.5 Å². The van der Waals surface area contributed by atoms with Crippen LogP contribution < -0.4 is 4.90 Å². The van der Waals surface area contributed by atoms with Gasteiger partial charge in [0.1, 0.15) is 6.54 Å². The Balaban J connectivity index is 1.24. The first-order valence-electron chi connectivity index (χ1n) is 20.9. The second-order valence-corrected chi connectivity index (χ2v) is 16.1. The first kappa shape index (κ1) is 39.0. The number of benzene rings is 4. The van der Waals surface area contributed by atoms with Gasteiger partial charge in [-0.25, -0.2) is 0 Å². The van der Waals surface area contributed by atoms with E-state index in [0.717, 1.165) is 64.5 Å². The van der Waals surface area contributed by atoms with E-state index >= 15 is 0 Å². The second-order valence-electron chi connectivity index (χ2n) is 16.1. The fraction of sp³-hybridized carbons (Fsp3) is 0.380. The summed E-state index contributed by atoms with van der Waals surface area (Å²) in [6.07, 6.45) is 24.0. The summed E-state index contributed by atoms with van der Waals surface area (Å²) in [5, 5.41) is 11.8. The summed E-state index contributed by atoms with van der Waals surface area (Å²) in [6.45, 7) is 5.20. The number of hydrogen-bond donors (Lipinski definition) is 1. The van der Waals surface area contributed by atoms with Crippen molar-refractivity contribution < 1.29 is 24.0 Å². The van der Waals surface area contributed by atoms with E-state index < -0.39 is 5.97 Å². The normalized spacial score (nSPS) is 19.4. The van der Waals surface area contributed by atoms with Gasteiger partial charge in [-0.1, -0.05) is 116 Å². The molecular formula is C50H57N2O4+. The van der Waals surface area contributed by atoms with Gasteiger partial charge in [0.15, 0.2) is 5.71 Å². The molecule has 7 rings (SSSR count). The molecular weight excluding hydrogens is 693 g/mol. The number of anilines is 1. The summed E-state index contributed by atoms with van der Waals surface area (Å²) in [6, 6.07) is 33.2. The molecule has 1 fully saturated rings. The Kier molecular flexibility index (Phi) is 12.6. The van der Waals surface area contributed by atoms with Crippen molar-refractivity contribution in [1.82, 2.24) is 0 Å². The molecule has 0 bridgehead atoms. The molecule has 0 aromatic heterocycles. The Morgan fingerprint density at radius 2 is 1.59 bits per heavy atom. The van der Waals surface area contributed by atoms with Gasteiger partial charge in [0, 0.05) is 53.9 Å². The predicted octanol–water partition coefficient (Wildman–Crippen LogP) is 11.1. The van der Waals surface area contributed by atoms with Crippen LogP contribution in [0.1, 0.15) is 101 Å². The molecule has 4 aromatic carbocycles. The predicted molar refractivity (Wildman–Crippen MR) is 228 cm³/mol. The van der Waals surface area contributed by atoms with Gasteiger partial charge in [0.2, 0.25) is 5.69 Å². The van der Waals surface area contributed by atoms with Crippen LogP contribution in [0, 0.1) is 0 Å². The van der Waals surface area contributed by atoms with Crippen molar-refractivity contribution in [3.63, 3.8) is 0 Å². The maximum Gasteiger partial charge on any atom is 0.303 e. The molecule has 3 aliphatic rings. The number of carboxylic acids is 1. The number of ether oxygens (including phenoxy) is 1. The number of unbranched alkanes of at least 4 members (excludes halogenated alkanes) is 4. The summed E-state index contributed by atoms with van der Waals surface area (Å²) in [5.74, 6) is -0.714. The number of carbonyl (C=O) groups excluding carboxylic acids is 1. The lowest BCUT2D eigenvalue weighted by Gasteiger charge is -2.31. The Morgan fingerprint density at radius 1 is 0.821 bits per heavy atom. The lowest BCUT2D eigenvalue weighted by molar-refractivity contribution is -0.438. The van der Waals surface area contributed by atoms with Gasteiger partial charge in [0.25, 0.3) is 6.47 Å². The number of carbonyl (C=O) groups is 2. The molecule has 1 spiro atoms. The zero-order valence-electron chi connectivity index (χ0n) is 33.0. The maximum atomic E-state index is 11.2. The number of carboxylic acid groups (broad SMARTS) is 1. The average molecular weight is 750 g/mol. The van der Waals surface area contributed by atoms with Crippen molar-refractivity contribution in [2.24, 2.45) is 0 Å². The molecule has 1 aliphatic carbocycles. The van der Waals surface area contributed by atoms with Gasteiger partial charge < -0.3 is 14.7 Å². The lowest BCUT2D eigenvalue weighted by atomic mass is 9.67. The molecule has 6 heteroatoms. The van der Waals surface area contributed by atoms with Crippen LogP contribution in [0.25, 0.3) is 10.8 Å². The summed E-state index contributed by atoms with van der Waals surface area (Å²) < 4.78 is 7.54. The highest BCUT2D eigenvalue weighted by Gasteiger charge is 2.51. The van der Waals surface area contributed by atoms with Crippen molar-refractivity contribution in [3.8, 4) is 0 Å². The average Bonchev–Trinajstić information content (AvgIpc) is 3.60. The third-order valence-electron chi connectivity index (χ3n) is 12.4. The van der Waals surface area contributed by atoms with E-state index in [4.69, 9.17) is 4.74 Å². The van der Waals surface area contributed by atoms with E-state index in [-0.39, 0.29) is 17.3 Å². The topological polar surface area (TPSA) is 69.8 Å². The van der Waals surface area contributed by atoms with Crippen LogP contribution in [-0.4, -0.2) is 47.5 Å². The highest BCUT2D eigenvalue weighted by atomic mass is 16.5. The molecule has 56 heavy (non-hydrogen) atoms. The Hall–Kier alpha value is -5.23. The van der Waals surface area contributed by atoms with Crippen LogP contribution in [0.5, 0.6) is 0 Å². The largest absolute Gasteiger partial charge is 0.481 e. The van der Waals surface area contributed by atoms with E-state index in [9.17, 15) is 14.7 Å². The smallest absolute Gasteiger partial charge is 0.303 e. The molecule has 1 saturated carbocycles. The van der Waals surface area contributed by atoms with Gasteiger partial charge >= 0.3 is 5.97 Å². The van der Waals surface area contributed by atoms with Crippen LogP contribution in [0.2, 0.25) is 0 Å². The second kappa shape index (κ2) is 18.1. The van der Waals surface area contributed by atoms with Crippen LogP contribution in [0.15, 0.2) is 127 Å². The standard InChI is InChI=1S/C50H56N2O4/c1-49(37-39-21-7-2-8-22-39)45(52(35-19-6-20-36-56-38-53)44-31-30-40-23-12-13-24-41(40)48(44)49)27-9-3-10-28-46-50(32-16-5-17-33-50)42-25-14-15-26-43(42)51(46)34-18-4-11-29-47(54)55/h2-3,7-10,12-15,21-28,30-31,38H,4-6,11,16-20,29,32-37H2,1H3/p+1. The molecule has 6 nitrogen and oxygen atoms in total. The van der Waals surface area contributed by atoms with Crippen LogP contribution in [-0.2, 0) is 31.6 Å². The van der Waals surface area contributed by atoms with Crippen molar-refractivity contribution in [3.05, 3.63) is 144 Å². The Labute approximate surface area is 332 Å². The molecule has 290 valence electrons. The number of hydrogen-bond acceptors (Lipinski definition) is 4. The van der Waals surface area contributed by atoms with E-state index in [2.05, 4.69) is 138 Å². The van der Waals surface area contributed by atoms with Crippen LogP contribution in [0.3, 0.4) is 0 Å². The molecule has 1 unspecified atom stereocenters. The number of para-hydroxylation sites is 1. The van der Waals surface area contributed by atoms with E-state index in [1.54, 1.807) is 0 Å². The minimum Gasteiger partial charge on any atom is -0.481 e. The molecule has 2 aliphatic heterocycles. The van der Waals surface area contributed by atoms with Crippen LogP contribution >= 0.6 is 0 Å². The zero-order chi connectivity index (χ0) is 38.8. The number of fused-ring (bicyclic) bond motifs is 5. The van der Waals surface area contributed by atoms with E-state index in [1.165, 1.54) is 69.5 Å². The molecule has 2 heterocycles. The molecule has 1 atom stereocenters. The quantitative estimate of drug-likeness (QED) is 0.0475. The van der Waals surface area contributed by atoms with Crippen molar-refractivity contribution >= 4 is 40.3 Å². The van der Waals surface area contributed by atoms with Gasteiger partial charge in [-0.05, 0) is 92.3 Å². The van der Waals surface area contributed by atoms with Gasteiger partial charge in [0.05, 0.1) is 12.0 Å². The van der Waals surface area contributed by atoms with E-state index in [1.807, 2.05) is 0 Å². The van der Waals surface area contributed by atoms with Crippen LogP contribution in [0.4, 0.5) is 11.4 Å². The number of nitrogens with zero attached hydrogens (tertiary/aromatic N) is 2. The number of rotatable bonds is 18. The SMILES string of the molecule is CC1(Cc2ccccc2)/C(=C/C=C/C=C/C2=[N+](CCCCCC(=O)O)c3ccccc3C23CCCCC3)N(CCCCCOC=O)c2ccc3ccccc3c21. The van der Waals surface area contributed by atoms with Crippen molar-refractivity contribution in [2.45, 2.75) is 101 Å². The third-order valence-corrected chi connectivity index (χ3v) is 12.4. The number of allylic oxidation sites excluding steroid dienone is 6. The first-order chi connectivity index (χ1) is 27.5. The molecule has 0 saturated heterocycles. The Bertz CT molecular complexity index is 2120. The third kappa shape index (κ3) is 8.16. The maximum absolute atomic E-state index is 11.2. The van der Waals surface area contributed by atoms with Gasteiger partial charge in [-0.2, -0.15) is 4.58 Å². The van der Waals surface area contributed by atoms with Gasteiger partial charge in [-0.15, -0.1) is 0 Å². The molecule has 0 radical (unpaired) electrons. The van der Waals surface area contributed by atoms with Crippen molar-refractivity contribution in [1.29, 1.82) is 0 Å². The Morgan fingerprint density at radius 3 is 2.41 bits per heavy atom. The summed E-state index contributed by atoms with van der Waals surface area (Å²) in [7, 11) is 0. The molecule has 1 N–H and O–H groups in total. The van der Waals surface area contributed by atoms with Crippen molar-refractivity contribution in [2.75, 3.05) is 24.6 Å². The first-order valence-corrected chi connectivity index (χ1v) is 20.9. The zero-order valence-corrected chi connectivity index (χ0v) is 33.0. The fourth-order valence-corrected chi connectivity index (χ4v) is 9.89.